The molecule has 0 saturated carbocycles. The van der Waals surface area contributed by atoms with Gasteiger partial charge in [-0.25, -0.2) is 0 Å². The summed E-state index contributed by atoms with van der Waals surface area (Å²) in [6.45, 7) is 1.95. The molecule has 0 spiro atoms. The zero-order valence-electron chi connectivity index (χ0n) is 14.5. The quantitative estimate of drug-likeness (QED) is 0.625. The van der Waals surface area contributed by atoms with Crippen LogP contribution in [0.25, 0.3) is 11.4 Å². The topological polar surface area (TPSA) is 77.2 Å². The van der Waals surface area contributed by atoms with Crippen LogP contribution in [-0.2, 0) is 11.3 Å². The first kappa shape index (κ1) is 19.2. The zero-order valence-corrected chi connectivity index (χ0v) is 16.0. The Bertz CT molecular complexity index is 930. The van der Waals surface area contributed by atoms with Crippen molar-refractivity contribution in [1.29, 1.82) is 0 Å². The molecule has 1 atom stereocenters. The van der Waals surface area contributed by atoms with Crippen molar-refractivity contribution in [2.45, 2.75) is 26.0 Å². The number of carbonyl (C=O) groups is 1. The summed E-state index contributed by atoms with van der Waals surface area (Å²) in [5.74, 6) is 0.890. The minimum atomic E-state index is -0.658. The molecule has 1 amide bonds. The minimum absolute atomic E-state index is 0.0890. The number of amides is 1. The average molecular weight is 406 g/mol. The number of benzene rings is 2. The fourth-order valence-corrected chi connectivity index (χ4v) is 2.78. The summed E-state index contributed by atoms with van der Waals surface area (Å²) in [5, 5.41) is 7.70. The SMILES string of the molecule is CC[C@H](Oc1cccc(Cl)c1)C(=O)NCc1nc(-c2ccccc2Cl)no1. The van der Waals surface area contributed by atoms with Gasteiger partial charge in [0.15, 0.2) is 6.10 Å². The fourth-order valence-electron chi connectivity index (χ4n) is 2.38. The molecule has 2 aromatic carbocycles. The summed E-state index contributed by atoms with van der Waals surface area (Å²) >= 11 is 12.1. The van der Waals surface area contributed by atoms with Gasteiger partial charge in [-0.15, -0.1) is 0 Å². The smallest absolute Gasteiger partial charge is 0.261 e. The molecule has 3 rings (SSSR count). The molecule has 6 nitrogen and oxygen atoms in total. The maximum Gasteiger partial charge on any atom is 0.261 e. The van der Waals surface area contributed by atoms with Crippen molar-refractivity contribution in [3.63, 3.8) is 0 Å². The first-order valence-electron chi connectivity index (χ1n) is 8.34. The summed E-state index contributed by atoms with van der Waals surface area (Å²) in [5.41, 5.74) is 0.663. The molecule has 0 radical (unpaired) electrons. The van der Waals surface area contributed by atoms with Crippen LogP contribution < -0.4 is 10.1 Å². The lowest BCUT2D eigenvalue weighted by atomic mass is 10.2. The Morgan fingerprint density at radius 2 is 2.04 bits per heavy atom. The van der Waals surface area contributed by atoms with E-state index in [1.807, 2.05) is 19.1 Å². The van der Waals surface area contributed by atoms with Gasteiger partial charge in [-0.2, -0.15) is 4.98 Å². The molecule has 27 heavy (non-hydrogen) atoms. The molecular weight excluding hydrogens is 389 g/mol. The van der Waals surface area contributed by atoms with E-state index >= 15 is 0 Å². The highest BCUT2D eigenvalue weighted by Gasteiger charge is 2.19. The molecule has 0 aliphatic carbocycles. The van der Waals surface area contributed by atoms with Gasteiger partial charge in [-0.05, 0) is 36.8 Å². The van der Waals surface area contributed by atoms with Crippen LogP contribution in [-0.4, -0.2) is 22.2 Å². The number of halogens is 2. The third-order valence-electron chi connectivity index (χ3n) is 3.73. The molecule has 0 aliphatic heterocycles. The zero-order chi connectivity index (χ0) is 19.2. The van der Waals surface area contributed by atoms with Gasteiger partial charge in [0.1, 0.15) is 5.75 Å². The Balaban J connectivity index is 1.60. The van der Waals surface area contributed by atoms with Crippen molar-refractivity contribution < 1.29 is 14.1 Å². The van der Waals surface area contributed by atoms with Crippen molar-refractivity contribution in [3.8, 4) is 17.1 Å². The molecule has 0 aliphatic rings. The molecule has 0 fully saturated rings. The maximum absolute atomic E-state index is 12.4. The number of rotatable bonds is 7. The van der Waals surface area contributed by atoms with E-state index < -0.39 is 6.10 Å². The second-order valence-electron chi connectivity index (χ2n) is 5.68. The predicted molar refractivity (Wildman–Crippen MR) is 103 cm³/mol. The van der Waals surface area contributed by atoms with Crippen LogP contribution in [0.15, 0.2) is 53.1 Å². The Morgan fingerprint density at radius 3 is 2.78 bits per heavy atom. The largest absolute Gasteiger partial charge is 0.481 e. The number of ether oxygens (including phenoxy) is 1. The van der Waals surface area contributed by atoms with Gasteiger partial charge in [-0.3, -0.25) is 4.79 Å². The van der Waals surface area contributed by atoms with Gasteiger partial charge < -0.3 is 14.6 Å². The lowest BCUT2D eigenvalue weighted by Gasteiger charge is -2.16. The number of nitrogens with one attached hydrogen (secondary N) is 1. The van der Waals surface area contributed by atoms with Crippen molar-refractivity contribution in [3.05, 3.63) is 64.5 Å². The van der Waals surface area contributed by atoms with Crippen molar-refractivity contribution >= 4 is 29.1 Å². The second kappa shape index (κ2) is 8.88. The van der Waals surface area contributed by atoms with Gasteiger partial charge in [0.05, 0.1) is 11.6 Å². The summed E-state index contributed by atoms with van der Waals surface area (Å²) in [6, 6.07) is 14.1. The van der Waals surface area contributed by atoms with E-state index in [9.17, 15) is 4.79 Å². The molecule has 1 aromatic heterocycles. The Morgan fingerprint density at radius 1 is 1.22 bits per heavy atom. The lowest BCUT2D eigenvalue weighted by molar-refractivity contribution is -0.128. The number of nitrogens with zero attached hydrogens (tertiary/aromatic N) is 2. The highest BCUT2D eigenvalue weighted by atomic mass is 35.5. The van der Waals surface area contributed by atoms with Gasteiger partial charge in [0.2, 0.25) is 11.7 Å². The van der Waals surface area contributed by atoms with E-state index in [2.05, 4.69) is 15.5 Å². The van der Waals surface area contributed by atoms with Gasteiger partial charge in [-0.1, -0.05) is 53.5 Å². The molecule has 1 heterocycles. The summed E-state index contributed by atoms with van der Waals surface area (Å²) in [7, 11) is 0. The van der Waals surface area contributed by atoms with Crippen LogP contribution in [0.2, 0.25) is 10.0 Å². The first-order chi connectivity index (χ1) is 13.1. The van der Waals surface area contributed by atoms with Crippen molar-refractivity contribution in [2.75, 3.05) is 0 Å². The van der Waals surface area contributed by atoms with E-state index in [1.165, 1.54) is 0 Å². The minimum Gasteiger partial charge on any atom is -0.481 e. The van der Waals surface area contributed by atoms with Crippen LogP contribution in [0.5, 0.6) is 5.75 Å². The van der Waals surface area contributed by atoms with E-state index in [0.717, 1.165) is 0 Å². The number of hydrogen-bond donors (Lipinski definition) is 1. The highest BCUT2D eigenvalue weighted by molar-refractivity contribution is 6.33. The average Bonchev–Trinajstić information content (AvgIpc) is 3.13. The number of carbonyl (C=O) groups excluding carboxylic acids is 1. The van der Waals surface area contributed by atoms with Crippen molar-refractivity contribution in [1.82, 2.24) is 15.5 Å². The fraction of sp³-hybridized carbons (Fsp3) is 0.211. The number of hydrogen-bond acceptors (Lipinski definition) is 5. The van der Waals surface area contributed by atoms with Crippen molar-refractivity contribution in [2.24, 2.45) is 0 Å². The van der Waals surface area contributed by atoms with E-state index in [0.29, 0.717) is 33.6 Å². The van der Waals surface area contributed by atoms with E-state index in [4.69, 9.17) is 32.5 Å². The van der Waals surface area contributed by atoms with E-state index in [1.54, 1.807) is 36.4 Å². The molecule has 140 valence electrons. The second-order valence-corrected chi connectivity index (χ2v) is 6.53. The van der Waals surface area contributed by atoms with Gasteiger partial charge >= 0.3 is 0 Å². The normalized spacial score (nSPS) is 11.8. The van der Waals surface area contributed by atoms with Crippen LogP contribution in [0.4, 0.5) is 0 Å². The van der Waals surface area contributed by atoms with Crippen LogP contribution in [0.3, 0.4) is 0 Å². The van der Waals surface area contributed by atoms with Crippen LogP contribution >= 0.6 is 23.2 Å². The predicted octanol–water partition coefficient (Wildman–Crippen LogP) is 4.52. The van der Waals surface area contributed by atoms with Crippen LogP contribution in [0.1, 0.15) is 19.2 Å². The Kier molecular flexibility index (Phi) is 6.32. The standard InChI is InChI=1S/C19H17Cl2N3O3/c1-2-16(26-13-7-5-6-12(20)10-13)19(25)22-11-17-23-18(24-27-17)14-8-3-4-9-15(14)21/h3-10,16H,2,11H2,1H3,(H,22,25)/t16-/m0/s1. The number of aromatic nitrogens is 2. The molecular formula is C19H17Cl2N3O3. The summed E-state index contributed by atoms with van der Waals surface area (Å²) in [6.07, 6.45) is -0.165. The molecule has 0 unspecified atom stereocenters. The monoisotopic (exact) mass is 405 g/mol. The lowest BCUT2D eigenvalue weighted by Crippen LogP contribution is -2.37. The third-order valence-corrected chi connectivity index (χ3v) is 4.30. The molecule has 0 saturated heterocycles. The third kappa shape index (κ3) is 4.99. The Labute approximate surface area is 166 Å². The maximum atomic E-state index is 12.4. The van der Waals surface area contributed by atoms with Crippen LogP contribution in [0, 0.1) is 0 Å². The first-order valence-corrected chi connectivity index (χ1v) is 9.10. The summed E-state index contributed by atoms with van der Waals surface area (Å²) < 4.78 is 10.9. The molecule has 1 N–H and O–H groups in total. The van der Waals surface area contributed by atoms with E-state index in [-0.39, 0.29) is 18.3 Å². The molecule has 3 aromatic rings. The van der Waals surface area contributed by atoms with Gasteiger partial charge in [0.25, 0.3) is 5.91 Å². The highest BCUT2D eigenvalue weighted by Crippen LogP contribution is 2.25. The molecule has 0 bridgehead atoms. The molecule has 8 heteroatoms. The summed E-state index contributed by atoms with van der Waals surface area (Å²) in [4.78, 5) is 16.6. The Hall–Kier alpha value is -2.57. The van der Waals surface area contributed by atoms with Gasteiger partial charge in [0, 0.05) is 10.6 Å².